The zero-order chi connectivity index (χ0) is 11.1. The van der Waals surface area contributed by atoms with Gasteiger partial charge >= 0.3 is 0 Å². The molecule has 0 unspecified atom stereocenters. The average Bonchev–Trinajstić information content (AvgIpc) is 2.24. The monoisotopic (exact) mass is 272 g/mol. The van der Waals surface area contributed by atoms with Crippen molar-refractivity contribution in [1.82, 2.24) is 4.98 Å². The van der Waals surface area contributed by atoms with E-state index in [1.54, 1.807) is 6.20 Å². The Balaban J connectivity index is 2.34. The Bertz CT molecular complexity index is 305. The zero-order valence-corrected chi connectivity index (χ0v) is 10.5. The van der Waals surface area contributed by atoms with Crippen LogP contribution >= 0.6 is 15.9 Å². The first kappa shape index (κ1) is 12.5. The summed E-state index contributed by atoms with van der Waals surface area (Å²) in [5.74, 6) is 0.902. The van der Waals surface area contributed by atoms with Gasteiger partial charge in [-0.25, -0.2) is 4.98 Å². The molecule has 0 spiro atoms. The van der Waals surface area contributed by atoms with Gasteiger partial charge < -0.3 is 10.4 Å². The average molecular weight is 273 g/mol. The van der Waals surface area contributed by atoms with Crippen molar-refractivity contribution in [2.45, 2.75) is 26.2 Å². The molecule has 84 valence electrons. The standard InChI is InChI=1S/C11H17BrN2O/c1-9-5-7-14-11(10(9)12)13-6-3-2-4-8-15/h5,7,15H,2-4,6,8H2,1H3,(H,13,14). The van der Waals surface area contributed by atoms with Crippen molar-refractivity contribution in [3.05, 3.63) is 22.3 Å². The smallest absolute Gasteiger partial charge is 0.140 e. The molecule has 1 aromatic heterocycles. The second-order valence-corrected chi connectivity index (χ2v) is 4.29. The van der Waals surface area contributed by atoms with E-state index in [1.807, 2.05) is 13.0 Å². The molecule has 0 atom stereocenters. The van der Waals surface area contributed by atoms with Gasteiger partial charge in [0.15, 0.2) is 0 Å². The number of aliphatic hydroxyl groups excluding tert-OH is 1. The first-order valence-electron chi connectivity index (χ1n) is 5.21. The summed E-state index contributed by atoms with van der Waals surface area (Å²) in [6, 6.07) is 1.97. The molecule has 0 saturated heterocycles. The van der Waals surface area contributed by atoms with Gasteiger partial charge in [0.2, 0.25) is 0 Å². The van der Waals surface area contributed by atoms with Crippen LogP contribution in [0.15, 0.2) is 16.7 Å². The summed E-state index contributed by atoms with van der Waals surface area (Å²) in [5, 5.41) is 11.9. The van der Waals surface area contributed by atoms with Crippen molar-refractivity contribution < 1.29 is 5.11 Å². The van der Waals surface area contributed by atoms with Gasteiger partial charge in [-0.2, -0.15) is 0 Å². The highest BCUT2D eigenvalue weighted by Crippen LogP contribution is 2.23. The summed E-state index contributed by atoms with van der Waals surface area (Å²) in [7, 11) is 0. The quantitative estimate of drug-likeness (QED) is 0.783. The van der Waals surface area contributed by atoms with Gasteiger partial charge in [0.05, 0.1) is 4.47 Å². The maximum Gasteiger partial charge on any atom is 0.140 e. The number of anilines is 1. The van der Waals surface area contributed by atoms with E-state index in [9.17, 15) is 0 Å². The summed E-state index contributed by atoms with van der Waals surface area (Å²) in [4.78, 5) is 4.25. The van der Waals surface area contributed by atoms with E-state index >= 15 is 0 Å². The summed E-state index contributed by atoms with van der Waals surface area (Å²) < 4.78 is 1.03. The molecule has 2 N–H and O–H groups in total. The van der Waals surface area contributed by atoms with Crippen molar-refractivity contribution in [2.24, 2.45) is 0 Å². The third-order valence-corrected chi connectivity index (χ3v) is 3.21. The Hall–Kier alpha value is -0.610. The van der Waals surface area contributed by atoms with Crippen LogP contribution in [0, 0.1) is 6.92 Å². The molecule has 1 rings (SSSR count). The lowest BCUT2D eigenvalue weighted by Crippen LogP contribution is -2.04. The lowest BCUT2D eigenvalue weighted by molar-refractivity contribution is 0.283. The first-order valence-corrected chi connectivity index (χ1v) is 6.01. The van der Waals surface area contributed by atoms with Gasteiger partial charge in [-0.1, -0.05) is 0 Å². The Morgan fingerprint density at radius 3 is 2.93 bits per heavy atom. The molecular weight excluding hydrogens is 256 g/mol. The van der Waals surface area contributed by atoms with Crippen LogP contribution in [0.4, 0.5) is 5.82 Å². The highest BCUT2D eigenvalue weighted by Gasteiger charge is 2.02. The molecule has 0 bridgehead atoms. The second kappa shape index (κ2) is 6.80. The van der Waals surface area contributed by atoms with Crippen molar-refractivity contribution in [1.29, 1.82) is 0 Å². The van der Waals surface area contributed by atoms with Crippen LogP contribution in [-0.2, 0) is 0 Å². The Morgan fingerprint density at radius 2 is 2.20 bits per heavy atom. The fourth-order valence-electron chi connectivity index (χ4n) is 1.28. The molecule has 0 aromatic carbocycles. The minimum absolute atomic E-state index is 0.284. The molecule has 0 aliphatic heterocycles. The number of hydrogen-bond donors (Lipinski definition) is 2. The number of nitrogens with zero attached hydrogens (tertiary/aromatic N) is 1. The Morgan fingerprint density at radius 1 is 1.40 bits per heavy atom. The molecule has 3 nitrogen and oxygen atoms in total. The predicted molar refractivity (Wildman–Crippen MR) is 66.1 cm³/mol. The Labute approximate surface area is 99.1 Å². The van der Waals surface area contributed by atoms with E-state index in [2.05, 4.69) is 26.2 Å². The molecule has 0 radical (unpaired) electrons. The first-order chi connectivity index (χ1) is 7.25. The highest BCUT2D eigenvalue weighted by atomic mass is 79.9. The van der Waals surface area contributed by atoms with Crippen LogP contribution in [0.25, 0.3) is 0 Å². The molecule has 0 saturated carbocycles. The molecule has 4 heteroatoms. The van der Waals surface area contributed by atoms with Crippen LogP contribution in [-0.4, -0.2) is 23.2 Å². The molecule has 15 heavy (non-hydrogen) atoms. The minimum atomic E-state index is 0.284. The van der Waals surface area contributed by atoms with Crippen molar-refractivity contribution in [2.75, 3.05) is 18.5 Å². The molecular formula is C11H17BrN2O. The number of aliphatic hydroxyl groups is 1. The number of unbranched alkanes of at least 4 members (excludes halogenated alkanes) is 2. The van der Waals surface area contributed by atoms with Gasteiger partial charge in [0.25, 0.3) is 0 Å². The van der Waals surface area contributed by atoms with Gasteiger partial charge in [-0.3, -0.25) is 0 Å². The molecule has 0 amide bonds. The van der Waals surface area contributed by atoms with E-state index in [0.717, 1.165) is 36.1 Å². The normalized spacial score (nSPS) is 10.3. The Kier molecular flexibility index (Phi) is 5.65. The summed E-state index contributed by atoms with van der Waals surface area (Å²) in [5.41, 5.74) is 1.18. The number of aryl methyl sites for hydroxylation is 1. The molecule has 0 aliphatic carbocycles. The second-order valence-electron chi connectivity index (χ2n) is 3.50. The minimum Gasteiger partial charge on any atom is -0.396 e. The molecule has 1 aromatic rings. The van der Waals surface area contributed by atoms with E-state index in [-0.39, 0.29) is 6.61 Å². The zero-order valence-electron chi connectivity index (χ0n) is 8.96. The largest absolute Gasteiger partial charge is 0.396 e. The maximum absolute atomic E-state index is 8.62. The third kappa shape index (κ3) is 4.18. The number of pyridine rings is 1. The van der Waals surface area contributed by atoms with E-state index in [1.165, 1.54) is 5.56 Å². The van der Waals surface area contributed by atoms with Gasteiger partial charge in [-0.05, 0) is 53.7 Å². The number of nitrogens with one attached hydrogen (secondary N) is 1. The van der Waals surface area contributed by atoms with E-state index < -0.39 is 0 Å². The van der Waals surface area contributed by atoms with Crippen LogP contribution < -0.4 is 5.32 Å². The predicted octanol–water partition coefficient (Wildman–Crippen LogP) is 2.73. The summed E-state index contributed by atoms with van der Waals surface area (Å²) >= 11 is 3.50. The maximum atomic E-state index is 8.62. The summed E-state index contributed by atoms with van der Waals surface area (Å²) in [6.45, 7) is 3.23. The van der Waals surface area contributed by atoms with Crippen molar-refractivity contribution >= 4 is 21.7 Å². The SMILES string of the molecule is Cc1ccnc(NCCCCCO)c1Br. The van der Waals surface area contributed by atoms with Crippen molar-refractivity contribution in [3.63, 3.8) is 0 Å². The van der Waals surface area contributed by atoms with Crippen LogP contribution in [0.5, 0.6) is 0 Å². The van der Waals surface area contributed by atoms with Crippen molar-refractivity contribution in [3.8, 4) is 0 Å². The molecule has 0 fully saturated rings. The van der Waals surface area contributed by atoms with Gasteiger partial charge in [0, 0.05) is 19.3 Å². The molecule has 0 aliphatic rings. The van der Waals surface area contributed by atoms with Gasteiger partial charge in [-0.15, -0.1) is 0 Å². The number of aromatic nitrogens is 1. The van der Waals surface area contributed by atoms with Crippen LogP contribution in [0.1, 0.15) is 24.8 Å². The number of hydrogen-bond acceptors (Lipinski definition) is 3. The lowest BCUT2D eigenvalue weighted by atomic mass is 10.2. The summed E-state index contributed by atoms with van der Waals surface area (Å²) in [6.07, 6.45) is 4.79. The molecule has 1 heterocycles. The fraction of sp³-hybridized carbons (Fsp3) is 0.545. The fourth-order valence-corrected chi connectivity index (χ4v) is 1.66. The topological polar surface area (TPSA) is 45.2 Å². The van der Waals surface area contributed by atoms with E-state index in [0.29, 0.717) is 0 Å². The van der Waals surface area contributed by atoms with Crippen LogP contribution in [0.3, 0.4) is 0 Å². The number of rotatable bonds is 6. The highest BCUT2D eigenvalue weighted by molar-refractivity contribution is 9.10. The van der Waals surface area contributed by atoms with Gasteiger partial charge in [0.1, 0.15) is 5.82 Å². The lowest BCUT2D eigenvalue weighted by Gasteiger charge is -2.08. The van der Waals surface area contributed by atoms with Crippen LogP contribution in [0.2, 0.25) is 0 Å². The number of halogens is 1. The third-order valence-electron chi connectivity index (χ3n) is 2.21. The van der Waals surface area contributed by atoms with E-state index in [4.69, 9.17) is 5.11 Å².